The molecule has 102 valence electrons. The predicted octanol–water partition coefficient (Wildman–Crippen LogP) is 4.21. The van der Waals surface area contributed by atoms with E-state index in [-0.39, 0.29) is 11.9 Å². The minimum Gasteiger partial charge on any atom is -0.332 e. The van der Waals surface area contributed by atoms with Gasteiger partial charge in [-0.1, -0.05) is 40.2 Å². The molecule has 0 radical (unpaired) electrons. The van der Waals surface area contributed by atoms with Crippen molar-refractivity contribution in [2.24, 2.45) is 0 Å². The Morgan fingerprint density at radius 1 is 1.20 bits per heavy atom. The minimum absolute atomic E-state index is 0.115. The largest absolute Gasteiger partial charge is 0.332 e. The highest BCUT2D eigenvalue weighted by atomic mass is 79.9. The van der Waals surface area contributed by atoms with Crippen LogP contribution in [0.1, 0.15) is 34.5 Å². The van der Waals surface area contributed by atoms with Gasteiger partial charge in [-0.15, -0.1) is 0 Å². The van der Waals surface area contributed by atoms with Gasteiger partial charge in [0, 0.05) is 16.6 Å². The van der Waals surface area contributed by atoms with Crippen molar-refractivity contribution < 1.29 is 4.79 Å². The molecule has 2 nitrogen and oxygen atoms in total. The topological polar surface area (TPSA) is 20.3 Å². The maximum absolute atomic E-state index is 12.6. The van der Waals surface area contributed by atoms with E-state index < -0.39 is 0 Å². The summed E-state index contributed by atoms with van der Waals surface area (Å²) in [5.41, 5.74) is 3.35. The highest BCUT2D eigenvalue weighted by molar-refractivity contribution is 9.10. The van der Waals surface area contributed by atoms with Crippen molar-refractivity contribution in [3.05, 3.63) is 69.7 Å². The normalized spacial score (nSPS) is 17.7. The summed E-state index contributed by atoms with van der Waals surface area (Å²) in [5, 5.41) is 0. The van der Waals surface area contributed by atoms with Crippen LogP contribution in [0.2, 0.25) is 0 Å². The Bertz CT molecular complexity index is 639. The lowest BCUT2D eigenvalue weighted by molar-refractivity contribution is 0.0677. The Labute approximate surface area is 127 Å². The fourth-order valence-electron chi connectivity index (χ4n) is 2.81. The van der Waals surface area contributed by atoms with Gasteiger partial charge in [0.25, 0.3) is 5.91 Å². The Kier molecular flexibility index (Phi) is 3.62. The summed E-state index contributed by atoms with van der Waals surface area (Å²) >= 11 is 3.52. The summed E-state index contributed by atoms with van der Waals surface area (Å²) in [6.07, 6.45) is 0.922. The highest BCUT2D eigenvalue weighted by Crippen LogP contribution is 2.32. The van der Waals surface area contributed by atoms with Crippen LogP contribution in [0.25, 0.3) is 0 Å². The van der Waals surface area contributed by atoms with E-state index >= 15 is 0 Å². The van der Waals surface area contributed by atoms with Crippen molar-refractivity contribution in [2.45, 2.75) is 19.4 Å². The monoisotopic (exact) mass is 329 g/mol. The molecule has 0 unspecified atom stereocenters. The number of benzene rings is 2. The maximum atomic E-state index is 12.6. The van der Waals surface area contributed by atoms with Gasteiger partial charge < -0.3 is 4.90 Å². The molecule has 1 atom stereocenters. The van der Waals surface area contributed by atoms with Crippen LogP contribution in [0, 0.1) is 0 Å². The van der Waals surface area contributed by atoms with Crippen molar-refractivity contribution in [3.8, 4) is 0 Å². The van der Waals surface area contributed by atoms with Gasteiger partial charge in [0.05, 0.1) is 6.04 Å². The second kappa shape index (κ2) is 5.41. The predicted molar refractivity (Wildman–Crippen MR) is 83.7 cm³/mol. The van der Waals surface area contributed by atoms with E-state index in [1.165, 1.54) is 11.1 Å². The molecule has 3 rings (SSSR count). The van der Waals surface area contributed by atoms with Crippen molar-refractivity contribution in [3.63, 3.8) is 0 Å². The Morgan fingerprint density at radius 2 is 1.95 bits per heavy atom. The van der Waals surface area contributed by atoms with Crippen LogP contribution in [0.15, 0.2) is 53.0 Å². The van der Waals surface area contributed by atoms with Crippen molar-refractivity contribution in [2.75, 3.05) is 6.54 Å². The third-order valence-corrected chi connectivity index (χ3v) is 4.42. The quantitative estimate of drug-likeness (QED) is 0.767. The molecule has 1 aliphatic heterocycles. The number of hydrogen-bond donors (Lipinski definition) is 0. The van der Waals surface area contributed by atoms with Crippen LogP contribution in [0.3, 0.4) is 0 Å². The number of carbonyl (C=O) groups excluding carboxylic acids is 1. The summed E-state index contributed by atoms with van der Waals surface area (Å²) in [5.74, 6) is 0.115. The first-order chi connectivity index (χ1) is 9.66. The van der Waals surface area contributed by atoms with Crippen LogP contribution in [-0.2, 0) is 6.42 Å². The van der Waals surface area contributed by atoms with Gasteiger partial charge in [0.2, 0.25) is 0 Å². The molecule has 0 bridgehead atoms. The van der Waals surface area contributed by atoms with E-state index in [1.54, 1.807) is 0 Å². The summed E-state index contributed by atoms with van der Waals surface area (Å²) < 4.78 is 1.07. The van der Waals surface area contributed by atoms with Crippen molar-refractivity contribution in [1.29, 1.82) is 0 Å². The van der Waals surface area contributed by atoms with Gasteiger partial charge in [0.1, 0.15) is 0 Å². The average Bonchev–Trinajstić information content (AvgIpc) is 2.48. The Hall–Kier alpha value is -1.61. The lowest BCUT2D eigenvalue weighted by Crippen LogP contribution is -2.38. The molecule has 0 spiro atoms. The SMILES string of the molecule is C[C@H]1c2cc(Br)ccc2CCN1C(=O)c1ccccc1. The standard InChI is InChI=1S/C17H16BrNO/c1-12-16-11-15(18)8-7-13(16)9-10-19(12)17(20)14-5-3-2-4-6-14/h2-8,11-12H,9-10H2,1H3/t12-/m0/s1. The molecule has 1 aliphatic rings. The maximum Gasteiger partial charge on any atom is 0.254 e. The molecule has 2 aromatic rings. The molecule has 3 heteroatoms. The summed E-state index contributed by atoms with van der Waals surface area (Å²) in [4.78, 5) is 14.6. The lowest BCUT2D eigenvalue weighted by Gasteiger charge is -2.35. The number of nitrogens with zero attached hydrogens (tertiary/aromatic N) is 1. The molecule has 0 aromatic heterocycles. The van der Waals surface area contributed by atoms with Gasteiger partial charge >= 0.3 is 0 Å². The van der Waals surface area contributed by atoms with Crippen LogP contribution < -0.4 is 0 Å². The summed E-state index contributed by atoms with van der Waals surface area (Å²) in [6, 6.07) is 16.0. The second-order valence-electron chi connectivity index (χ2n) is 5.13. The molecule has 0 aliphatic carbocycles. The molecular weight excluding hydrogens is 314 g/mol. The molecular formula is C17H16BrNO. The summed E-state index contributed by atoms with van der Waals surface area (Å²) in [7, 11) is 0. The zero-order valence-corrected chi connectivity index (χ0v) is 12.9. The first-order valence-corrected chi connectivity index (χ1v) is 7.60. The Balaban J connectivity index is 1.92. The molecule has 0 saturated carbocycles. The number of halogens is 1. The molecule has 1 amide bonds. The van der Waals surface area contributed by atoms with Gasteiger partial charge in [0.15, 0.2) is 0 Å². The van der Waals surface area contributed by atoms with Gasteiger partial charge in [-0.25, -0.2) is 0 Å². The third kappa shape index (κ3) is 2.38. The van der Waals surface area contributed by atoms with E-state index in [0.717, 1.165) is 23.0 Å². The van der Waals surface area contributed by atoms with Crippen LogP contribution in [-0.4, -0.2) is 17.4 Å². The first kappa shape index (κ1) is 13.4. The number of carbonyl (C=O) groups is 1. The fraction of sp³-hybridized carbons (Fsp3) is 0.235. The van der Waals surface area contributed by atoms with Gasteiger partial charge in [-0.3, -0.25) is 4.79 Å². The van der Waals surface area contributed by atoms with Crippen molar-refractivity contribution in [1.82, 2.24) is 4.90 Å². The molecule has 0 N–H and O–H groups in total. The molecule has 0 fully saturated rings. The van der Waals surface area contributed by atoms with Crippen LogP contribution in [0.5, 0.6) is 0 Å². The van der Waals surface area contributed by atoms with Crippen LogP contribution >= 0.6 is 15.9 Å². The Morgan fingerprint density at radius 3 is 2.70 bits per heavy atom. The van der Waals surface area contributed by atoms with E-state index in [9.17, 15) is 4.79 Å². The molecule has 20 heavy (non-hydrogen) atoms. The fourth-order valence-corrected chi connectivity index (χ4v) is 3.19. The molecule has 1 heterocycles. The van der Waals surface area contributed by atoms with Crippen molar-refractivity contribution >= 4 is 21.8 Å². The number of hydrogen-bond acceptors (Lipinski definition) is 1. The van der Waals surface area contributed by atoms with E-state index in [0.29, 0.717) is 0 Å². The number of rotatable bonds is 1. The average molecular weight is 330 g/mol. The summed E-state index contributed by atoms with van der Waals surface area (Å²) in [6.45, 7) is 2.88. The smallest absolute Gasteiger partial charge is 0.254 e. The second-order valence-corrected chi connectivity index (χ2v) is 6.05. The highest BCUT2D eigenvalue weighted by Gasteiger charge is 2.28. The minimum atomic E-state index is 0.115. The first-order valence-electron chi connectivity index (χ1n) is 6.81. The lowest BCUT2D eigenvalue weighted by atomic mass is 9.93. The van der Waals surface area contributed by atoms with Crippen LogP contribution in [0.4, 0.5) is 0 Å². The van der Waals surface area contributed by atoms with E-state index in [1.807, 2.05) is 35.2 Å². The van der Waals surface area contributed by atoms with E-state index in [2.05, 4.69) is 41.1 Å². The number of fused-ring (bicyclic) bond motifs is 1. The van der Waals surface area contributed by atoms with Gasteiger partial charge in [-0.05, 0) is 48.7 Å². The molecule has 0 saturated heterocycles. The van der Waals surface area contributed by atoms with E-state index in [4.69, 9.17) is 0 Å². The third-order valence-electron chi connectivity index (χ3n) is 3.93. The zero-order chi connectivity index (χ0) is 14.1. The zero-order valence-electron chi connectivity index (χ0n) is 11.3. The van der Waals surface area contributed by atoms with Gasteiger partial charge in [-0.2, -0.15) is 0 Å². The molecule has 2 aromatic carbocycles. The number of amides is 1.